The van der Waals surface area contributed by atoms with Gasteiger partial charge >= 0.3 is 0 Å². The van der Waals surface area contributed by atoms with E-state index in [0.29, 0.717) is 23.2 Å². The SMILES string of the molecule is CC[C@@H](Oc1nn2cc(-c3cnn(C4CCC(O)CC4)c3C)ccc2c1C#N)c1ccc(F)cn1. The molecular weight excluding hydrogens is 447 g/mol. The number of fused-ring (bicyclic) bond motifs is 1. The summed E-state index contributed by atoms with van der Waals surface area (Å²) in [4.78, 5) is 4.12. The topological polar surface area (TPSA) is 101 Å². The summed E-state index contributed by atoms with van der Waals surface area (Å²) in [6.07, 6.45) is 8.22. The van der Waals surface area contributed by atoms with Gasteiger partial charge in [-0.05, 0) is 57.2 Å². The molecule has 0 amide bonds. The molecule has 0 bridgehead atoms. The Morgan fingerprint density at radius 3 is 2.69 bits per heavy atom. The maximum atomic E-state index is 13.3. The average Bonchev–Trinajstić information content (AvgIpc) is 3.42. The van der Waals surface area contributed by atoms with Crippen molar-refractivity contribution in [3.05, 3.63) is 65.6 Å². The lowest BCUT2D eigenvalue weighted by molar-refractivity contribution is 0.107. The van der Waals surface area contributed by atoms with Crippen molar-refractivity contribution in [2.75, 3.05) is 0 Å². The third-order valence-electron chi connectivity index (χ3n) is 6.78. The van der Waals surface area contributed by atoms with Crippen molar-refractivity contribution in [2.45, 2.75) is 64.2 Å². The van der Waals surface area contributed by atoms with Crippen LogP contribution >= 0.6 is 0 Å². The highest BCUT2D eigenvalue weighted by Gasteiger charge is 2.24. The molecule has 9 heteroatoms. The second kappa shape index (κ2) is 9.47. The van der Waals surface area contributed by atoms with Gasteiger partial charge < -0.3 is 9.84 Å². The Bertz CT molecular complexity index is 1380. The summed E-state index contributed by atoms with van der Waals surface area (Å²) in [5.74, 6) is -0.197. The zero-order valence-electron chi connectivity index (χ0n) is 19.7. The van der Waals surface area contributed by atoms with Crippen LogP contribution in [0.2, 0.25) is 0 Å². The fraction of sp³-hybridized carbons (Fsp3) is 0.385. The second-order valence-electron chi connectivity index (χ2n) is 9.01. The van der Waals surface area contributed by atoms with Gasteiger partial charge in [-0.25, -0.2) is 8.91 Å². The summed E-state index contributed by atoms with van der Waals surface area (Å²) in [5, 5.41) is 28.8. The van der Waals surface area contributed by atoms with Gasteiger partial charge in [0.05, 0.1) is 35.8 Å². The Labute approximate surface area is 202 Å². The molecule has 1 saturated carbocycles. The maximum absolute atomic E-state index is 13.3. The highest BCUT2D eigenvalue weighted by atomic mass is 19.1. The zero-order chi connectivity index (χ0) is 24.5. The van der Waals surface area contributed by atoms with Gasteiger partial charge in [0, 0.05) is 23.0 Å². The number of nitriles is 1. The smallest absolute Gasteiger partial charge is 0.252 e. The van der Waals surface area contributed by atoms with E-state index in [1.165, 1.54) is 6.07 Å². The van der Waals surface area contributed by atoms with Crippen LogP contribution in [0.4, 0.5) is 4.39 Å². The number of ether oxygens (including phenoxy) is 1. The summed E-state index contributed by atoms with van der Waals surface area (Å²) < 4.78 is 23.1. The van der Waals surface area contributed by atoms with E-state index in [0.717, 1.165) is 48.7 Å². The summed E-state index contributed by atoms with van der Waals surface area (Å²) in [6.45, 7) is 3.99. The van der Waals surface area contributed by atoms with E-state index in [2.05, 4.69) is 32.9 Å². The molecule has 35 heavy (non-hydrogen) atoms. The van der Waals surface area contributed by atoms with Crippen LogP contribution in [0.15, 0.2) is 42.9 Å². The lowest BCUT2D eigenvalue weighted by Gasteiger charge is -2.26. The third kappa shape index (κ3) is 4.37. The van der Waals surface area contributed by atoms with Crippen molar-refractivity contribution < 1.29 is 14.2 Å². The van der Waals surface area contributed by atoms with Crippen LogP contribution in [0.5, 0.6) is 5.88 Å². The largest absolute Gasteiger partial charge is 0.466 e. The van der Waals surface area contributed by atoms with E-state index in [9.17, 15) is 14.8 Å². The Hall–Kier alpha value is -3.77. The van der Waals surface area contributed by atoms with Crippen molar-refractivity contribution >= 4 is 5.52 Å². The van der Waals surface area contributed by atoms with Crippen molar-refractivity contribution in [3.63, 3.8) is 0 Å². The molecule has 5 rings (SSSR count). The first-order valence-electron chi connectivity index (χ1n) is 11.9. The summed E-state index contributed by atoms with van der Waals surface area (Å²) in [6, 6.07) is 9.23. The first kappa shape index (κ1) is 23.0. The fourth-order valence-corrected chi connectivity index (χ4v) is 4.82. The highest BCUT2D eigenvalue weighted by Crippen LogP contribution is 2.34. The molecule has 0 radical (unpaired) electrons. The van der Waals surface area contributed by atoms with Gasteiger partial charge in [-0.3, -0.25) is 9.67 Å². The third-order valence-corrected chi connectivity index (χ3v) is 6.78. The number of nitrogens with zero attached hydrogens (tertiary/aromatic N) is 6. The average molecular weight is 475 g/mol. The molecule has 0 aliphatic heterocycles. The van der Waals surface area contributed by atoms with E-state index in [1.54, 1.807) is 10.6 Å². The minimum absolute atomic E-state index is 0.208. The van der Waals surface area contributed by atoms with Crippen LogP contribution in [0.1, 0.15) is 68.1 Å². The van der Waals surface area contributed by atoms with Gasteiger partial charge in [-0.2, -0.15) is 10.4 Å². The van der Waals surface area contributed by atoms with E-state index in [1.807, 2.05) is 31.5 Å². The monoisotopic (exact) mass is 474 g/mol. The lowest BCUT2D eigenvalue weighted by atomic mass is 9.93. The van der Waals surface area contributed by atoms with Crippen LogP contribution in [0, 0.1) is 24.1 Å². The molecule has 8 nitrogen and oxygen atoms in total. The molecule has 4 aromatic heterocycles. The Morgan fingerprint density at radius 2 is 2.00 bits per heavy atom. The first-order chi connectivity index (χ1) is 17.0. The second-order valence-corrected chi connectivity index (χ2v) is 9.01. The van der Waals surface area contributed by atoms with Gasteiger partial charge in [0.1, 0.15) is 23.6 Å². The molecule has 0 aromatic carbocycles. The molecule has 1 atom stereocenters. The van der Waals surface area contributed by atoms with Gasteiger partial charge in [-0.1, -0.05) is 13.0 Å². The van der Waals surface area contributed by atoms with E-state index in [4.69, 9.17) is 4.74 Å². The van der Waals surface area contributed by atoms with E-state index in [-0.39, 0.29) is 18.0 Å². The standard InChI is InChI=1S/C26H27FN6O2/c1-3-25(23-10-5-18(27)13-29-23)35-26-21(12-28)24-11-4-17(15-32(24)31-26)22-14-30-33(16(22)2)19-6-8-20(34)9-7-19/h4-5,10-11,13-15,19-20,25,34H,3,6-9H2,1-2H3/t19?,20?,25-/m1/s1. The van der Waals surface area contributed by atoms with Crippen LogP contribution in [0.25, 0.3) is 16.6 Å². The predicted octanol–water partition coefficient (Wildman–Crippen LogP) is 4.92. The van der Waals surface area contributed by atoms with Gasteiger partial charge in [0.15, 0.2) is 0 Å². The molecule has 1 aliphatic carbocycles. The van der Waals surface area contributed by atoms with E-state index < -0.39 is 11.9 Å². The van der Waals surface area contributed by atoms with Crippen molar-refractivity contribution in [2.24, 2.45) is 0 Å². The molecule has 1 aliphatic rings. The molecule has 1 N–H and O–H groups in total. The molecule has 4 aromatic rings. The van der Waals surface area contributed by atoms with E-state index >= 15 is 0 Å². The van der Waals surface area contributed by atoms with Gasteiger partial charge in [0.25, 0.3) is 5.88 Å². The number of aliphatic hydroxyl groups is 1. The Morgan fingerprint density at radius 1 is 1.20 bits per heavy atom. The molecule has 1 fully saturated rings. The maximum Gasteiger partial charge on any atom is 0.252 e. The number of rotatable bonds is 6. The lowest BCUT2D eigenvalue weighted by Crippen LogP contribution is -2.22. The van der Waals surface area contributed by atoms with Crippen molar-refractivity contribution in [1.29, 1.82) is 5.26 Å². The Balaban J connectivity index is 1.45. The zero-order valence-corrected chi connectivity index (χ0v) is 19.7. The molecule has 4 heterocycles. The van der Waals surface area contributed by atoms with Crippen molar-refractivity contribution in [1.82, 2.24) is 24.4 Å². The number of pyridine rings is 2. The van der Waals surface area contributed by atoms with Crippen LogP contribution < -0.4 is 4.74 Å². The first-order valence-corrected chi connectivity index (χ1v) is 11.9. The predicted molar refractivity (Wildman–Crippen MR) is 127 cm³/mol. The number of halogens is 1. The number of hydrogen-bond acceptors (Lipinski definition) is 6. The summed E-state index contributed by atoms with van der Waals surface area (Å²) >= 11 is 0. The molecule has 0 unspecified atom stereocenters. The van der Waals surface area contributed by atoms with Crippen LogP contribution in [-0.2, 0) is 0 Å². The minimum Gasteiger partial charge on any atom is -0.466 e. The minimum atomic E-state index is -0.457. The number of aromatic nitrogens is 5. The van der Waals surface area contributed by atoms with Gasteiger partial charge in [0.2, 0.25) is 0 Å². The molecule has 180 valence electrons. The van der Waals surface area contributed by atoms with Crippen LogP contribution in [0.3, 0.4) is 0 Å². The normalized spacial score (nSPS) is 18.9. The number of hydrogen-bond donors (Lipinski definition) is 1. The Kier molecular flexibility index (Phi) is 6.22. The fourth-order valence-electron chi connectivity index (χ4n) is 4.82. The van der Waals surface area contributed by atoms with Crippen molar-refractivity contribution in [3.8, 4) is 23.1 Å². The molecule has 0 spiro atoms. The molecule has 0 saturated heterocycles. The highest BCUT2D eigenvalue weighted by molar-refractivity contribution is 5.71. The quantitative estimate of drug-likeness (QED) is 0.426. The summed E-state index contributed by atoms with van der Waals surface area (Å²) in [7, 11) is 0. The van der Waals surface area contributed by atoms with Crippen LogP contribution in [-0.4, -0.2) is 35.6 Å². The number of aliphatic hydroxyl groups excluding tert-OH is 1. The summed E-state index contributed by atoms with van der Waals surface area (Å²) in [5.41, 5.74) is 4.54. The molecular formula is C26H27FN6O2. The van der Waals surface area contributed by atoms with Gasteiger partial charge in [-0.15, -0.1) is 5.10 Å².